The van der Waals surface area contributed by atoms with E-state index in [1.54, 1.807) is 10.9 Å². The van der Waals surface area contributed by atoms with Crippen molar-refractivity contribution in [1.82, 2.24) is 9.78 Å². The Bertz CT molecular complexity index is 1390. The van der Waals surface area contributed by atoms with Crippen molar-refractivity contribution in [1.29, 1.82) is 0 Å². The lowest BCUT2D eigenvalue weighted by Gasteiger charge is -2.31. The molecule has 8 heteroatoms. The van der Waals surface area contributed by atoms with Crippen molar-refractivity contribution in [3.05, 3.63) is 95.7 Å². The smallest absolute Gasteiger partial charge is 0.370 e. The molecule has 1 amide bonds. The number of carbonyl (C=O) groups excluding carboxylic acids is 1. The molecule has 4 aromatic rings. The SMILES string of the molecule is Cc1ccc(-c2nn(-c3ccccc3)cc2C(=O)Nc2cc(C(F)(F)F)ccc2N2CCCCC2)cc1. The van der Waals surface area contributed by atoms with Crippen LogP contribution in [0.25, 0.3) is 16.9 Å². The zero-order valence-electron chi connectivity index (χ0n) is 20.4. The van der Waals surface area contributed by atoms with Crippen LogP contribution in [0.1, 0.15) is 40.7 Å². The molecule has 1 aromatic heterocycles. The lowest BCUT2D eigenvalue weighted by Crippen LogP contribution is -2.30. The number of nitrogens with one attached hydrogen (secondary N) is 1. The van der Waals surface area contributed by atoms with Crippen LogP contribution in [0.3, 0.4) is 0 Å². The van der Waals surface area contributed by atoms with Crippen molar-refractivity contribution in [2.24, 2.45) is 0 Å². The van der Waals surface area contributed by atoms with Crippen LogP contribution in [0.2, 0.25) is 0 Å². The number of piperidine rings is 1. The Morgan fingerprint density at radius 1 is 0.919 bits per heavy atom. The number of carbonyl (C=O) groups is 1. The molecular weight excluding hydrogens is 477 g/mol. The van der Waals surface area contributed by atoms with E-state index in [2.05, 4.69) is 10.4 Å². The Morgan fingerprint density at radius 2 is 1.62 bits per heavy atom. The van der Waals surface area contributed by atoms with Gasteiger partial charge in [0.25, 0.3) is 5.91 Å². The molecule has 3 aromatic carbocycles. The van der Waals surface area contributed by atoms with E-state index in [4.69, 9.17) is 0 Å². The molecule has 1 aliphatic rings. The predicted molar refractivity (Wildman–Crippen MR) is 139 cm³/mol. The van der Waals surface area contributed by atoms with Crippen molar-refractivity contribution in [3.8, 4) is 16.9 Å². The zero-order valence-corrected chi connectivity index (χ0v) is 20.4. The van der Waals surface area contributed by atoms with Crippen LogP contribution in [0, 0.1) is 6.92 Å². The van der Waals surface area contributed by atoms with Crippen molar-refractivity contribution < 1.29 is 18.0 Å². The van der Waals surface area contributed by atoms with E-state index in [1.165, 1.54) is 6.07 Å². The normalized spacial score (nSPS) is 14.0. The summed E-state index contributed by atoms with van der Waals surface area (Å²) in [4.78, 5) is 15.7. The number of halogens is 3. The minimum absolute atomic E-state index is 0.143. The number of hydrogen-bond acceptors (Lipinski definition) is 3. The topological polar surface area (TPSA) is 50.2 Å². The summed E-state index contributed by atoms with van der Waals surface area (Å²) < 4.78 is 42.3. The predicted octanol–water partition coefficient (Wildman–Crippen LogP) is 7.11. The molecule has 0 aliphatic carbocycles. The molecule has 190 valence electrons. The highest BCUT2D eigenvalue weighted by Gasteiger charge is 2.32. The molecule has 5 rings (SSSR count). The molecule has 2 heterocycles. The quantitative estimate of drug-likeness (QED) is 0.315. The Balaban J connectivity index is 1.56. The molecule has 0 saturated carbocycles. The monoisotopic (exact) mass is 504 g/mol. The summed E-state index contributed by atoms with van der Waals surface area (Å²) in [5.74, 6) is -0.518. The van der Waals surface area contributed by atoms with Gasteiger partial charge in [-0.2, -0.15) is 18.3 Å². The number of rotatable bonds is 5. The van der Waals surface area contributed by atoms with Crippen LogP contribution >= 0.6 is 0 Å². The highest BCUT2D eigenvalue weighted by Crippen LogP contribution is 2.37. The highest BCUT2D eigenvalue weighted by atomic mass is 19.4. The molecule has 1 N–H and O–H groups in total. The summed E-state index contributed by atoms with van der Waals surface area (Å²) in [5.41, 5.74) is 3.23. The molecule has 0 radical (unpaired) electrons. The second-order valence-corrected chi connectivity index (χ2v) is 9.27. The van der Waals surface area contributed by atoms with E-state index in [9.17, 15) is 18.0 Å². The lowest BCUT2D eigenvalue weighted by atomic mass is 10.1. The van der Waals surface area contributed by atoms with Gasteiger partial charge in [-0.3, -0.25) is 4.79 Å². The van der Waals surface area contributed by atoms with Crippen LogP contribution in [-0.4, -0.2) is 28.8 Å². The maximum atomic E-state index is 13.7. The van der Waals surface area contributed by atoms with E-state index >= 15 is 0 Å². The van der Waals surface area contributed by atoms with Gasteiger partial charge in [0.2, 0.25) is 0 Å². The fourth-order valence-electron chi connectivity index (χ4n) is 4.59. The van der Waals surface area contributed by atoms with Crippen LogP contribution < -0.4 is 10.2 Å². The van der Waals surface area contributed by atoms with Gasteiger partial charge < -0.3 is 10.2 Å². The molecule has 0 bridgehead atoms. The standard InChI is InChI=1S/C29H27F3N4O/c1-20-10-12-21(13-11-20)27-24(19-36(34-27)23-8-4-2-5-9-23)28(37)33-25-18-22(29(30,31)32)14-15-26(25)35-16-6-3-7-17-35/h2,4-5,8-15,18-19H,3,6-7,16-17H2,1H3,(H,33,37). The molecule has 1 fully saturated rings. The van der Waals surface area contributed by atoms with Gasteiger partial charge in [-0.25, -0.2) is 4.68 Å². The maximum absolute atomic E-state index is 13.7. The van der Waals surface area contributed by atoms with Gasteiger partial charge in [-0.15, -0.1) is 0 Å². The summed E-state index contributed by atoms with van der Waals surface area (Å²) in [7, 11) is 0. The van der Waals surface area contributed by atoms with Gasteiger partial charge >= 0.3 is 6.18 Å². The van der Waals surface area contributed by atoms with Crippen molar-refractivity contribution in [3.63, 3.8) is 0 Å². The van der Waals surface area contributed by atoms with Gasteiger partial charge in [-0.05, 0) is 56.5 Å². The molecule has 0 unspecified atom stereocenters. The third kappa shape index (κ3) is 5.38. The largest absolute Gasteiger partial charge is 0.416 e. The molecule has 0 atom stereocenters. The minimum atomic E-state index is -4.52. The van der Waals surface area contributed by atoms with Crippen molar-refractivity contribution >= 4 is 17.3 Å². The first-order chi connectivity index (χ1) is 17.8. The fourth-order valence-corrected chi connectivity index (χ4v) is 4.59. The van der Waals surface area contributed by atoms with Gasteiger partial charge in [0.05, 0.1) is 28.2 Å². The van der Waals surface area contributed by atoms with Gasteiger partial charge in [-0.1, -0.05) is 48.0 Å². The van der Waals surface area contributed by atoms with Crippen LogP contribution in [0.4, 0.5) is 24.5 Å². The summed E-state index contributed by atoms with van der Waals surface area (Å²) in [6.45, 7) is 3.43. The second kappa shape index (κ2) is 10.1. The highest BCUT2D eigenvalue weighted by molar-refractivity contribution is 6.09. The lowest BCUT2D eigenvalue weighted by molar-refractivity contribution is -0.137. The second-order valence-electron chi connectivity index (χ2n) is 9.27. The first-order valence-corrected chi connectivity index (χ1v) is 12.3. The van der Waals surface area contributed by atoms with Crippen molar-refractivity contribution in [2.45, 2.75) is 32.4 Å². The Morgan fingerprint density at radius 3 is 2.30 bits per heavy atom. The average Bonchev–Trinajstić information content (AvgIpc) is 3.35. The van der Waals surface area contributed by atoms with E-state index in [-0.39, 0.29) is 11.3 Å². The number of nitrogens with zero attached hydrogens (tertiary/aromatic N) is 3. The fraction of sp³-hybridized carbons (Fsp3) is 0.241. The Hall–Kier alpha value is -4.07. The average molecular weight is 505 g/mol. The van der Waals surface area contributed by atoms with E-state index < -0.39 is 17.6 Å². The maximum Gasteiger partial charge on any atom is 0.416 e. The van der Waals surface area contributed by atoms with E-state index in [0.29, 0.717) is 11.4 Å². The number of hydrogen-bond donors (Lipinski definition) is 1. The zero-order chi connectivity index (χ0) is 26.0. The third-order valence-electron chi connectivity index (χ3n) is 6.57. The number of para-hydroxylation sites is 1. The van der Waals surface area contributed by atoms with Crippen LogP contribution in [-0.2, 0) is 6.18 Å². The van der Waals surface area contributed by atoms with Gasteiger partial charge in [0.1, 0.15) is 5.69 Å². The number of benzene rings is 3. The van der Waals surface area contributed by atoms with E-state index in [0.717, 1.165) is 61.3 Å². The molecule has 37 heavy (non-hydrogen) atoms. The summed E-state index contributed by atoms with van der Waals surface area (Å²) in [6, 6.07) is 20.5. The van der Waals surface area contributed by atoms with Gasteiger partial charge in [0, 0.05) is 24.8 Å². The summed E-state index contributed by atoms with van der Waals surface area (Å²) in [6.07, 6.45) is 0.0856. The number of amides is 1. The number of aromatic nitrogens is 2. The van der Waals surface area contributed by atoms with Gasteiger partial charge in [0.15, 0.2) is 0 Å². The first-order valence-electron chi connectivity index (χ1n) is 12.3. The first kappa shape index (κ1) is 24.6. The Kier molecular flexibility index (Phi) is 6.74. The molecule has 0 spiro atoms. The number of alkyl halides is 3. The molecule has 5 nitrogen and oxygen atoms in total. The number of anilines is 2. The molecular formula is C29H27F3N4O. The van der Waals surface area contributed by atoms with E-state index in [1.807, 2.05) is 66.4 Å². The van der Waals surface area contributed by atoms with Crippen molar-refractivity contribution in [2.75, 3.05) is 23.3 Å². The molecule has 1 saturated heterocycles. The minimum Gasteiger partial charge on any atom is -0.370 e. The third-order valence-corrected chi connectivity index (χ3v) is 6.57. The van der Waals surface area contributed by atoms with Crippen LogP contribution in [0.15, 0.2) is 79.0 Å². The van der Waals surface area contributed by atoms with Crippen LogP contribution in [0.5, 0.6) is 0 Å². The summed E-state index contributed by atoms with van der Waals surface area (Å²) >= 11 is 0. The molecule has 1 aliphatic heterocycles. The Labute approximate surface area is 213 Å². The summed E-state index contributed by atoms with van der Waals surface area (Å²) in [5, 5.41) is 7.47. The number of aryl methyl sites for hydroxylation is 1.